The van der Waals surface area contributed by atoms with Crippen molar-refractivity contribution in [3.8, 4) is 0 Å². The van der Waals surface area contributed by atoms with Gasteiger partial charge < -0.3 is 14.7 Å². The Bertz CT molecular complexity index is 593. The number of amides is 1. The molecule has 1 atom stereocenters. The number of hydrogen-bond donors (Lipinski definition) is 1. The first kappa shape index (κ1) is 17.7. The summed E-state index contributed by atoms with van der Waals surface area (Å²) in [6, 6.07) is 5.23. The monoisotopic (exact) mass is 340 g/mol. The Morgan fingerprint density at radius 3 is 2.87 bits per heavy atom. The van der Waals surface area contributed by atoms with E-state index in [0.29, 0.717) is 36.8 Å². The number of carboxylic acid groups (broad SMARTS) is 1. The van der Waals surface area contributed by atoms with Crippen molar-refractivity contribution in [2.45, 2.75) is 13.0 Å². The fourth-order valence-corrected chi connectivity index (χ4v) is 2.74. The summed E-state index contributed by atoms with van der Waals surface area (Å²) < 4.78 is 5.64. The van der Waals surface area contributed by atoms with Crippen molar-refractivity contribution in [2.75, 3.05) is 39.8 Å². The zero-order chi connectivity index (χ0) is 17.0. The summed E-state index contributed by atoms with van der Waals surface area (Å²) in [6.45, 7) is 3.70. The number of halogens is 1. The Kier molecular flexibility index (Phi) is 5.98. The van der Waals surface area contributed by atoms with Crippen molar-refractivity contribution in [1.29, 1.82) is 0 Å². The van der Waals surface area contributed by atoms with E-state index in [9.17, 15) is 9.59 Å². The lowest BCUT2D eigenvalue weighted by atomic mass is 10.1. The highest BCUT2D eigenvalue weighted by atomic mass is 35.5. The predicted molar refractivity (Wildman–Crippen MR) is 87.0 cm³/mol. The van der Waals surface area contributed by atoms with Gasteiger partial charge in [-0.25, -0.2) is 0 Å². The Hall–Kier alpha value is -1.63. The van der Waals surface area contributed by atoms with Gasteiger partial charge in [0.1, 0.15) is 0 Å². The van der Waals surface area contributed by atoms with Crippen LogP contribution in [0.25, 0.3) is 0 Å². The van der Waals surface area contributed by atoms with Crippen LogP contribution < -0.4 is 0 Å². The first-order valence-corrected chi connectivity index (χ1v) is 7.82. The van der Waals surface area contributed by atoms with Crippen molar-refractivity contribution >= 4 is 23.5 Å². The van der Waals surface area contributed by atoms with Crippen LogP contribution >= 0.6 is 11.6 Å². The molecule has 1 aliphatic rings. The van der Waals surface area contributed by atoms with E-state index in [1.807, 2.05) is 6.92 Å². The quantitative estimate of drug-likeness (QED) is 0.879. The molecule has 1 N–H and O–H groups in total. The van der Waals surface area contributed by atoms with E-state index in [2.05, 4.69) is 0 Å². The van der Waals surface area contributed by atoms with Gasteiger partial charge in [0.15, 0.2) is 0 Å². The van der Waals surface area contributed by atoms with Gasteiger partial charge in [-0.3, -0.25) is 14.5 Å². The molecule has 0 aromatic heterocycles. The lowest BCUT2D eigenvalue weighted by molar-refractivity contribution is -0.138. The maximum absolute atomic E-state index is 12.6. The van der Waals surface area contributed by atoms with Crippen LogP contribution in [0.5, 0.6) is 0 Å². The molecule has 23 heavy (non-hydrogen) atoms. The second kappa shape index (κ2) is 7.77. The van der Waals surface area contributed by atoms with E-state index in [4.69, 9.17) is 21.4 Å². The van der Waals surface area contributed by atoms with Gasteiger partial charge in [-0.15, -0.1) is 0 Å². The summed E-state index contributed by atoms with van der Waals surface area (Å²) >= 11 is 5.99. The molecule has 0 aliphatic carbocycles. The average Bonchev–Trinajstić information content (AvgIpc) is 2.48. The summed E-state index contributed by atoms with van der Waals surface area (Å²) in [5, 5.41) is 9.43. The van der Waals surface area contributed by atoms with Crippen molar-refractivity contribution in [1.82, 2.24) is 9.80 Å². The minimum absolute atomic E-state index is 0.0514. The van der Waals surface area contributed by atoms with Crippen LogP contribution in [0.15, 0.2) is 18.2 Å². The Morgan fingerprint density at radius 2 is 2.22 bits per heavy atom. The number of carboxylic acids is 1. The molecule has 1 aromatic rings. The third-order valence-electron chi connectivity index (χ3n) is 3.75. The number of carbonyl (C=O) groups is 2. The molecule has 7 heteroatoms. The Labute approximate surface area is 140 Å². The molecule has 6 nitrogen and oxygen atoms in total. The van der Waals surface area contributed by atoms with Crippen molar-refractivity contribution in [2.24, 2.45) is 0 Å². The minimum atomic E-state index is -0.882. The number of likely N-dealkylation sites (N-methyl/N-ethyl adjacent to an activating group) is 1. The largest absolute Gasteiger partial charge is 0.480 e. The molecule has 0 radical (unpaired) electrons. The van der Waals surface area contributed by atoms with Gasteiger partial charge in [-0.2, -0.15) is 0 Å². The van der Waals surface area contributed by atoms with Gasteiger partial charge in [0, 0.05) is 30.2 Å². The van der Waals surface area contributed by atoms with Gasteiger partial charge in [-0.05, 0) is 37.7 Å². The maximum atomic E-state index is 12.6. The van der Waals surface area contributed by atoms with E-state index in [1.54, 1.807) is 35.0 Å². The minimum Gasteiger partial charge on any atom is -0.480 e. The van der Waals surface area contributed by atoms with Crippen LogP contribution in [-0.2, 0) is 9.53 Å². The van der Waals surface area contributed by atoms with Gasteiger partial charge in [-0.1, -0.05) is 11.6 Å². The van der Waals surface area contributed by atoms with Crippen LogP contribution in [0.1, 0.15) is 15.9 Å². The van der Waals surface area contributed by atoms with Gasteiger partial charge in [0.25, 0.3) is 5.91 Å². The summed E-state index contributed by atoms with van der Waals surface area (Å²) in [5.41, 5.74) is 1.47. The lowest BCUT2D eigenvalue weighted by Crippen LogP contribution is -2.49. The molecular formula is C16H21ClN2O4. The first-order valence-electron chi connectivity index (χ1n) is 7.44. The summed E-state index contributed by atoms with van der Waals surface area (Å²) in [7, 11) is 1.72. The van der Waals surface area contributed by atoms with Crippen LogP contribution in [-0.4, -0.2) is 72.7 Å². The molecule has 0 bridgehead atoms. The second-order valence-electron chi connectivity index (χ2n) is 5.80. The van der Waals surface area contributed by atoms with Crippen molar-refractivity contribution in [3.63, 3.8) is 0 Å². The van der Waals surface area contributed by atoms with E-state index in [0.717, 1.165) is 5.56 Å². The molecule has 1 aromatic carbocycles. The molecule has 0 saturated carbocycles. The molecule has 126 valence electrons. The third kappa shape index (κ3) is 4.92. The number of rotatable bonds is 5. The van der Waals surface area contributed by atoms with Crippen LogP contribution in [0.4, 0.5) is 0 Å². The number of hydrogen-bond acceptors (Lipinski definition) is 4. The standard InChI is InChI=1S/C16H21ClN2O4/c1-11-7-12(3-4-14(11)17)16(22)19-5-6-23-13(9-19)8-18(2)10-15(20)21/h3-4,7,13H,5-6,8-10H2,1-2H3,(H,20,21). The molecule has 1 aliphatic heterocycles. The average molecular weight is 341 g/mol. The lowest BCUT2D eigenvalue weighted by Gasteiger charge is -2.34. The summed E-state index contributed by atoms with van der Waals surface area (Å²) in [4.78, 5) is 26.7. The van der Waals surface area contributed by atoms with E-state index >= 15 is 0 Å². The summed E-state index contributed by atoms with van der Waals surface area (Å²) in [5.74, 6) is -0.938. The highest BCUT2D eigenvalue weighted by Crippen LogP contribution is 2.18. The maximum Gasteiger partial charge on any atom is 0.317 e. The molecule has 1 heterocycles. The number of nitrogens with zero attached hydrogens (tertiary/aromatic N) is 2. The topological polar surface area (TPSA) is 70.1 Å². The molecule has 0 spiro atoms. The number of carbonyl (C=O) groups excluding carboxylic acids is 1. The van der Waals surface area contributed by atoms with Gasteiger partial charge >= 0.3 is 5.97 Å². The normalized spacial score (nSPS) is 18.3. The van der Waals surface area contributed by atoms with E-state index in [-0.39, 0.29) is 18.6 Å². The molecule has 1 saturated heterocycles. The zero-order valence-electron chi connectivity index (χ0n) is 13.3. The van der Waals surface area contributed by atoms with E-state index < -0.39 is 5.97 Å². The zero-order valence-corrected chi connectivity index (χ0v) is 14.0. The predicted octanol–water partition coefficient (Wildman–Crippen LogP) is 1.51. The van der Waals surface area contributed by atoms with Gasteiger partial charge in [0.2, 0.25) is 0 Å². The van der Waals surface area contributed by atoms with Crippen LogP contribution in [0, 0.1) is 6.92 Å². The van der Waals surface area contributed by atoms with Crippen LogP contribution in [0.3, 0.4) is 0 Å². The smallest absolute Gasteiger partial charge is 0.317 e. The highest BCUT2D eigenvalue weighted by Gasteiger charge is 2.26. The summed E-state index contributed by atoms with van der Waals surface area (Å²) in [6.07, 6.45) is -0.189. The first-order chi connectivity index (χ1) is 10.9. The SMILES string of the molecule is Cc1cc(C(=O)N2CCOC(CN(C)CC(=O)O)C2)ccc1Cl. The molecule has 1 amide bonds. The molecular weight excluding hydrogens is 320 g/mol. The Morgan fingerprint density at radius 1 is 1.48 bits per heavy atom. The molecule has 2 rings (SSSR count). The number of aliphatic carboxylic acids is 1. The number of morpholine rings is 1. The Balaban J connectivity index is 1.98. The highest BCUT2D eigenvalue weighted by molar-refractivity contribution is 6.31. The fraction of sp³-hybridized carbons (Fsp3) is 0.500. The fourth-order valence-electron chi connectivity index (χ4n) is 2.62. The number of ether oxygens (including phenoxy) is 1. The van der Waals surface area contributed by atoms with E-state index in [1.165, 1.54) is 0 Å². The van der Waals surface area contributed by atoms with Gasteiger partial charge in [0.05, 0.1) is 19.3 Å². The second-order valence-corrected chi connectivity index (χ2v) is 6.21. The number of benzene rings is 1. The molecule has 1 fully saturated rings. The number of aryl methyl sites for hydroxylation is 1. The molecule has 1 unspecified atom stereocenters. The van der Waals surface area contributed by atoms with Crippen LogP contribution in [0.2, 0.25) is 5.02 Å². The van der Waals surface area contributed by atoms with Crippen molar-refractivity contribution in [3.05, 3.63) is 34.3 Å². The third-order valence-corrected chi connectivity index (χ3v) is 4.18. The van der Waals surface area contributed by atoms with Crippen molar-refractivity contribution < 1.29 is 19.4 Å².